The van der Waals surface area contributed by atoms with Crippen molar-refractivity contribution in [2.75, 3.05) is 12.0 Å². The highest BCUT2D eigenvalue weighted by Gasteiger charge is 2.19. The number of nitrogens with one attached hydrogen (secondary N) is 2. The Labute approximate surface area is 121 Å². The number of hydrogen-bond donors (Lipinski definition) is 3. The fourth-order valence-electron chi connectivity index (χ4n) is 2.84. The van der Waals surface area contributed by atoms with Crippen molar-refractivity contribution in [1.29, 1.82) is 0 Å². The first kappa shape index (κ1) is 14.9. The number of hydrogen-bond acceptors (Lipinski definition) is 3. The number of nitrogen functional groups attached to an aromatic ring is 1. The van der Waals surface area contributed by atoms with Gasteiger partial charge in [0.2, 0.25) is 0 Å². The van der Waals surface area contributed by atoms with Crippen LogP contribution in [0, 0.1) is 18.8 Å². The second kappa shape index (κ2) is 6.75. The standard InChI is InChI=1S/C16H25N3O/c1-11-3-6-13(7-4-11)10-18-16(20)14-8-5-12(2)9-15(14)19-17/h5,8-9,11,13,19H,3-4,6-7,10,17H2,1-2H3,(H,18,20). The zero-order chi connectivity index (χ0) is 14.5. The van der Waals surface area contributed by atoms with Gasteiger partial charge in [-0.25, -0.2) is 0 Å². The molecule has 110 valence electrons. The highest BCUT2D eigenvalue weighted by atomic mass is 16.1. The fourth-order valence-corrected chi connectivity index (χ4v) is 2.84. The molecule has 0 heterocycles. The van der Waals surface area contributed by atoms with Gasteiger partial charge in [-0.3, -0.25) is 10.6 Å². The predicted octanol–water partition coefficient (Wildman–Crippen LogP) is 2.84. The lowest BCUT2D eigenvalue weighted by atomic mass is 9.83. The van der Waals surface area contributed by atoms with Gasteiger partial charge in [-0.1, -0.05) is 25.8 Å². The van der Waals surface area contributed by atoms with Crippen molar-refractivity contribution in [3.8, 4) is 0 Å². The molecule has 0 saturated heterocycles. The second-order valence-electron chi connectivity index (χ2n) is 6.03. The minimum atomic E-state index is -0.0448. The van der Waals surface area contributed by atoms with E-state index >= 15 is 0 Å². The molecule has 20 heavy (non-hydrogen) atoms. The van der Waals surface area contributed by atoms with Gasteiger partial charge >= 0.3 is 0 Å². The van der Waals surface area contributed by atoms with Crippen molar-refractivity contribution >= 4 is 11.6 Å². The van der Waals surface area contributed by atoms with E-state index in [0.29, 0.717) is 17.2 Å². The molecule has 4 nitrogen and oxygen atoms in total. The molecule has 1 amide bonds. The minimum absolute atomic E-state index is 0.0448. The van der Waals surface area contributed by atoms with E-state index in [0.717, 1.165) is 18.0 Å². The Morgan fingerprint density at radius 3 is 2.65 bits per heavy atom. The maximum absolute atomic E-state index is 12.2. The number of nitrogens with two attached hydrogens (primary N) is 1. The number of carbonyl (C=O) groups excluding carboxylic acids is 1. The third-order valence-electron chi connectivity index (χ3n) is 4.26. The molecule has 0 bridgehead atoms. The van der Waals surface area contributed by atoms with Gasteiger partial charge in [0.25, 0.3) is 5.91 Å². The molecule has 2 rings (SSSR count). The van der Waals surface area contributed by atoms with Gasteiger partial charge in [-0.2, -0.15) is 0 Å². The first-order chi connectivity index (χ1) is 9.60. The van der Waals surface area contributed by atoms with Crippen molar-refractivity contribution in [2.24, 2.45) is 17.7 Å². The summed E-state index contributed by atoms with van der Waals surface area (Å²) in [5, 5.41) is 3.04. The molecule has 1 aliphatic rings. The Morgan fingerprint density at radius 2 is 2.00 bits per heavy atom. The Balaban J connectivity index is 1.92. The number of hydrazine groups is 1. The zero-order valence-electron chi connectivity index (χ0n) is 12.4. The average molecular weight is 275 g/mol. The second-order valence-corrected chi connectivity index (χ2v) is 6.03. The molecule has 0 unspecified atom stereocenters. The van der Waals surface area contributed by atoms with E-state index in [2.05, 4.69) is 17.7 Å². The molecule has 1 saturated carbocycles. The Kier molecular flexibility index (Phi) is 5.01. The van der Waals surface area contributed by atoms with E-state index in [1.807, 2.05) is 25.1 Å². The third kappa shape index (κ3) is 3.73. The molecule has 1 aliphatic carbocycles. The zero-order valence-corrected chi connectivity index (χ0v) is 12.4. The first-order valence-electron chi connectivity index (χ1n) is 7.45. The first-order valence-corrected chi connectivity index (χ1v) is 7.45. The van der Waals surface area contributed by atoms with Crippen molar-refractivity contribution in [2.45, 2.75) is 39.5 Å². The lowest BCUT2D eigenvalue weighted by Crippen LogP contribution is -2.31. The lowest BCUT2D eigenvalue weighted by Gasteiger charge is -2.26. The quantitative estimate of drug-likeness (QED) is 0.584. The van der Waals surface area contributed by atoms with Crippen LogP contribution >= 0.6 is 0 Å². The van der Waals surface area contributed by atoms with E-state index < -0.39 is 0 Å². The summed E-state index contributed by atoms with van der Waals surface area (Å²) in [5.74, 6) is 6.90. The maximum atomic E-state index is 12.2. The molecule has 1 aromatic rings. The molecule has 4 heteroatoms. The van der Waals surface area contributed by atoms with Crippen LogP contribution in [0.2, 0.25) is 0 Å². The normalized spacial score (nSPS) is 22.4. The van der Waals surface area contributed by atoms with Gasteiger partial charge in [-0.15, -0.1) is 0 Å². The Morgan fingerprint density at radius 1 is 1.30 bits per heavy atom. The van der Waals surface area contributed by atoms with E-state index in [1.165, 1.54) is 25.7 Å². The largest absolute Gasteiger partial charge is 0.352 e. The summed E-state index contributed by atoms with van der Waals surface area (Å²) < 4.78 is 0. The van der Waals surface area contributed by atoms with E-state index in [1.54, 1.807) is 0 Å². The van der Waals surface area contributed by atoms with Crippen LogP contribution in [0.15, 0.2) is 18.2 Å². The summed E-state index contributed by atoms with van der Waals surface area (Å²) >= 11 is 0. The van der Waals surface area contributed by atoms with Crippen LogP contribution in [0.3, 0.4) is 0 Å². The summed E-state index contributed by atoms with van der Waals surface area (Å²) in [4.78, 5) is 12.2. The van der Waals surface area contributed by atoms with Crippen LogP contribution in [0.1, 0.15) is 48.5 Å². The van der Waals surface area contributed by atoms with Crippen LogP contribution in [-0.2, 0) is 0 Å². The molecular formula is C16H25N3O. The topological polar surface area (TPSA) is 67.2 Å². The van der Waals surface area contributed by atoms with Crippen LogP contribution in [-0.4, -0.2) is 12.5 Å². The van der Waals surface area contributed by atoms with Crippen LogP contribution in [0.4, 0.5) is 5.69 Å². The fraction of sp³-hybridized carbons (Fsp3) is 0.562. The van der Waals surface area contributed by atoms with Gasteiger partial charge in [0.15, 0.2) is 0 Å². The van der Waals surface area contributed by atoms with Crippen molar-refractivity contribution in [3.05, 3.63) is 29.3 Å². The number of anilines is 1. The predicted molar refractivity (Wildman–Crippen MR) is 82.4 cm³/mol. The molecule has 0 aromatic heterocycles. The molecule has 1 aromatic carbocycles. The van der Waals surface area contributed by atoms with Crippen LogP contribution in [0.25, 0.3) is 0 Å². The summed E-state index contributed by atoms with van der Waals surface area (Å²) in [6, 6.07) is 5.64. The van der Waals surface area contributed by atoms with E-state index in [9.17, 15) is 4.79 Å². The summed E-state index contributed by atoms with van der Waals surface area (Å²) in [6.45, 7) is 5.05. The molecule has 4 N–H and O–H groups in total. The number of benzene rings is 1. The molecular weight excluding hydrogens is 250 g/mol. The van der Waals surface area contributed by atoms with Crippen LogP contribution in [0.5, 0.6) is 0 Å². The monoisotopic (exact) mass is 275 g/mol. The molecule has 0 atom stereocenters. The third-order valence-corrected chi connectivity index (χ3v) is 4.26. The number of amides is 1. The Bertz CT molecular complexity index is 465. The van der Waals surface area contributed by atoms with Gasteiger partial charge < -0.3 is 10.7 Å². The number of carbonyl (C=O) groups is 1. The molecule has 1 fully saturated rings. The molecule has 0 aliphatic heterocycles. The highest BCUT2D eigenvalue weighted by molar-refractivity contribution is 5.99. The highest BCUT2D eigenvalue weighted by Crippen LogP contribution is 2.27. The van der Waals surface area contributed by atoms with Gasteiger partial charge in [0.05, 0.1) is 11.3 Å². The Hall–Kier alpha value is -1.55. The van der Waals surface area contributed by atoms with Crippen molar-refractivity contribution in [3.63, 3.8) is 0 Å². The minimum Gasteiger partial charge on any atom is -0.352 e. The SMILES string of the molecule is Cc1ccc(C(=O)NCC2CCC(C)CC2)c(NN)c1. The summed E-state index contributed by atoms with van der Waals surface area (Å²) in [6.07, 6.45) is 5.00. The molecule has 0 spiro atoms. The van der Waals surface area contributed by atoms with Gasteiger partial charge in [0, 0.05) is 6.54 Å². The number of rotatable bonds is 4. The summed E-state index contributed by atoms with van der Waals surface area (Å²) in [7, 11) is 0. The maximum Gasteiger partial charge on any atom is 0.253 e. The average Bonchev–Trinajstić information content (AvgIpc) is 2.46. The summed E-state index contributed by atoms with van der Waals surface area (Å²) in [5.41, 5.74) is 4.97. The lowest BCUT2D eigenvalue weighted by molar-refractivity contribution is 0.0942. The van der Waals surface area contributed by atoms with Gasteiger partial charge in [0.1, 0.15) is 0 Å². The van der Waals surface area contributed by atoms with E-state index in [4.69, 9.17) is 5.84 Å². The smallest absolute Gasteiger partial charge is 0.253 e. The van der Waals surface area contributed by atoms with Crippen molar-refractivity contribution < 1.29 is 4.79 Å². The molecule has 0 radical (unpaired) electrons. The number of aryl methyl sites for hydroxylation is 1. The van der Waals surface area contributed by atoms with Gasteiger partial charge in [-0.05, 0) is 49.3 Å². The van der Waals surface area contributed by atoms with E-state index in [-0.39, 0.29) is 5.91 Å². The van der Waals surface area contributed by atoms with Crippen molar-refractivity contribution in [1.82, 2.24) is 5.32 Å². The van der Waals surface area contributed by atoms with Crippen LogP contribution < -0.4 is 16.6 Å².